The molecule has 0 radical (unpaired) electrons. The van der Waals surface area contributed by atoms with Crippen molar-refractivity contribution in [3.05, 3.63) is 18.2 Å². The van der Waals surface area contributed by atoms with Crippen molar-refractivity contribution in [2.75, 3.05) is 0 Å². The van der Waals surface area contributed by atoms with Crippen molar-refractivity contribution in [3.8, 4) is 16.9 Å². The largest absolute Gasteiger partial charge is 0.573 e. The minimum Gasteiger partial charge on any atom is -0.481 e. The number of carboxylic acids is 1. The molecule has 0 aromatic heterocycles. The number of benzene rings is 1. The van der Waals surface area contributed by atoms with Crippen LogP contribution in [0, 0.1) is 0 Å². The first kappa shape index (κ1) is 11.4. The van der Waals surface area contributed by atoms with Crippen molar-refractivity contribution < 1.29 is 27.8 Å². The SMILES string of the molecule is CC(=O)O.FC(F)(F)Oc1ccc2cc1-2. The summed E-state index contributed by atoms with van der Waals surface area (Å²) in [5.41, 5.74) is 1.41. The Morgan fingerprint density at radius 3 is 2.20 bits per heavy atom. The number of halogens is 3. The molecule has 0 bridgehead atoms. The topological polar surface area (TPSA) is 46.5 Å². The predicted octanol–water partition coefficient (Wildman–Crippen LogP) is 2.66. The molecule has 0 aromatic rings. The molecule has 0 aromatic carbocycles. The molecule has 0 amide bonds. The third-order valence-corrected chi connectivity index (χ3v) is 1.43. The van der Waals surface area contributed by atoms with Crippen LogP contribution in [0.15, 0.2) is 18.2 Å². The number of fused-ring (bicyclic) bond motifs is 1. The number of hydrogen-bond donors (Lipinski definition) is 1. The van der Waals surface area contributed by atoms with Crippen LogP contribution in [0.1, 0.15) is 6.92 Å². The van der Waals surface area contributed by atoms with E-state index in [9.17, 15) is 13.2 Å². The molecule has 0 spiro atoms. The van der Waals surface area contributed by atoms with Gasteiger partial charge in [0.2, 0.25) is 0 Å². The van der Waals surface area contributed by atoms with E-state index in [1.807, 2.05) is 0 Å². The fourth-order valence-electron chi connectivity index (χ4n) is 0.940. The molecule has 2 aliphatic carbocycles. The smallest absolute Gasteiger partial charge is 0.481 e. The average molecular weight is 220 g/mol. The lowest BCUT2D eigenvalue weighted by molar-refractivity contribution is -0.274. The molecule has 0 unspecified atom stereocenters. The van der Waals surface area contributed by atoms with Gasteiger partial charge in [0.05, 0.1) is 0 Å². The summed E-state index contributed by atoms with van der Waals surface area (Å²) < 4.78 is 38.5. The van der Waals surface area contributed by atoms with Gasteiger partial charge in [-0.05, 0) is 17.7 Å². The highest BCUT2D eigenvalue weighted by atomic mass is 19.4. The number of alkyl halides is 3. The lowest BCUT2D eigenvalue weighted by Crippen LogP contribution is -2.16. The van der Waals surface area contributed by atoms with Gasteiger partial charge < -0.3 is 9.84 Å². The van der Waals surface area contributed by atoms with Gasteiger partial charge in [-0.15, -0.1) is 13.2 Å². The molecule has 82 valence electrons. The van der Waals surface area contributed by atoms with Crippen LogP contribution in [0.5, 0.6) is 5.75 Å². The van der Waals surface area contributed by atoms with Gasteiger partial charge in [-0.25, -0.2) is 0 Å². The average Bonchev–Trinajstić information content (AvgIpc) is 2.67. The van der Waals surface area contributed by atoms with Crippen LogP contribution in [0.2, 0.25) is 0 Å². The second kappa shape index (κ2) is 3.80. The van der Waals surface area contributed by atoms with Crippen LogP contribution in [0.3, 0.4) is 0 Å². The molecule has 0 atom stereocenters. The van der Waals surface area contributed by atoms with E-state index < -0.39 is 12.3 Å². The Morgan fingerprint density at radius 2 is 1.93 bits per heavy atom. The highest BCUT2D eigenvalue weighted by Gasteiger charge is 2.34. The monoisotopic (exact) mass is 220 g/mol. The first-order valence-electron chi connectivity index (χ1n) is 3.89. The second-order valence-electron chi connectivity index (χ2n) is 2.78. The Bertz CT molecular complexity index is 381. The molecule has 15 heavy (non-hydrogen) atoms. The van der Waals surface area contributed by atoms with Crippen LogP contribution >= 0.6 is 0 Å². The number of carboxylic acid groups (broad SMARTS) is 1. The fraction of sp³-hybridized carbons (Fsp3) is 0.222. The normalized spacial score (nSPS) is 11.2. The summed E-state index contributed by atoms with van der Waals surface area (Å²) in [5.74, 6) is -0.924. The van der Waals surface area contributed by atoms with Crippen molar-refractivity contribution in [1.29, 1.82) is 0 Å². The summed E-state index contributed by atoms with van der Waals surface area (Å²) >= 11 is 0. The zero-order valence-electron chi connectivity index (χ0n) is 7.63. The number of hydrogen-bond acceptors (Lipinski definition) is 2. The van der Waals surface area contributed by atoms with E-state index in [2.05, 4.69) is 4.74 Å². The Balaban J connectivity index is 0.000000245. The molecular formula is C9H7F3O3. The number of aliphatic carboxylic acids is 1. The molecule has 0 heterocycles. The summed E-state index contributed by atoms with van der Waals surface area (Å²) in [6.45, 7) is 1.08. The molecule has 0 aliphatic heterocycles. The molecule has 0 fully saturated rings. The van der Waals surface area contributed by atoms with E-state index >= 15 is 0 Å². The summed E-state index contributed by atoms with van der Waals surface area (Å²) in [7, 11) is 0. The highest BCUT2D eigenvalue weighted by molar-refractivity contribution is 5.87. The van der Waals surface area contributed by atoms with Gasteiger partial charge in [-0.3, -0.25) is 4.79 Å². The van der Waals surface area contributed by atoms with Crippen molar-refractivity contribution in [1.82, 2.24) is 0 Å². The van der Waals surface area contributed by atoms with Crippen LogP contribution in [-0.4, -0.2) is 17.4 Å². The van der Waals surface area contributed by atoms with Gasteiger partial charge >= 0.3 is 6.36 Å². The van der Waals surface area contributed by atoms with Crippen LogP contribution in [0.4, 0.5) is 13.2 Å². The van der Waals surface area contributed by atoms with Crippen LogP contribution in [-0.2, 0) is 4.79 Å². The van der Waals surface area contributed by atoms with E-state index in [1.165, 1.54) is 6.07 Å². The van der Waals surface area contributed by atoms with Crippen molar-refractivity contribution in [3.63, 3.8) is 0 Å². The number of ether oxygens (including phenoxy) is 1. The molecule has 2 aliphatic rings. The molecule has 0 saturated carbocycles. The zero-order valence-corrected chi connectivity index (χ0v) is 7.63. The van der Waals surface area contributed by atoms with E-state index in [4.69, 9.17) is 9.90 Å². The maximum absolute atomic E-state index is 11.6. The number of carbonyl (C=O) groups is 1. The van der Waals surface area contributed by atoms with E-state index in [0.29, 0.717) is 5.56 Å². The number of rotatable bonds is 1. The Labute approximate surface area is 83.1 Å². The van der Waals surface area contributed by atoms with Gasteiger partial charge in [0.15, 0.2) is 0 Å². The molecule has 2 rings (SSSR count). The highest BCUT2D eigenvalue weighted by Crippen LogP contribution is 2.45. The minimum absolute atomic E-state index is 0.0903. The first-order valence-corrected chi connectivity index (χ1v) is 3.89. The van der Waals surface area contributed by atoms with Crippen molar-refractivity contribution >= 4 is 5.97 Å². The van der Waals surface area contributed by atoms with E-state index in [1.54, 1.807) is 12.1 Å². The van der Waals surface area contributed by atoms with Crippen LogP contribution in [0.25, 0.3) is 11.1 Å². The maximum atomic E-state index is 11.6. The minimum atomic E-state index is -4.57. The Hall–Kier alpha value is -1.72. The summed E-state index contributed by atoms with van der Waals surface area (Å²) in [6, 6.07) is 4.55. The third kappa shape index (κ3) is 3.88. The standard InChI is InChI=1S/C7H3F3O.C2H4O2/c8-7(9,10)11-6-2-1-4-3-5(4)6;1-2(3)4/h1-3H;1H3,(H,3,4). The quantitative estimate of drug-likeness (QED) is 0.803. The van der Waals surface area contributed by atoms with E-state index in [-0.39, 0.29) is 5.75 Å². The molecule has 3 nitrogen and oxygen atoms in total. The van der Waals surface area contributed by atoms with Gasteiger partial charge in [-0.1, -0.05) is 6.07 Å². The maximum Gasteiger partial charge on any atom is 0.573 e. The van der Waals surface area contributed by atoms with Gasteiger partial charge in [-0.2, -0.15) is 0 Å². The third-order valence-electron chi connectivity index (χ3n) is 1.43. The molecule has 1 N–H and O–H groups in total. The predicted molar refractivity (Wildman–Crippen MR) is 45.4 cm³/mol. The van der Waals surface area contributed by atoms with Crippen LogP contribution < -0.4 is 4.74 Å². The molecule has 6 heteroatoms. The Morgan fingerprint density at radius 1 is 1.40 bits per heavy atom. The van der Waals surface area contributed by atoms with Gasteiger partial charge in [0.1, 0.15) is 5.75 Å². The molecule has 0 saturated heterocycles. The zero-order chi connectivity index (χ0) is 11.6. The summed E-state index contributed by atoms with van der Waals surface area (Å²) in [6.07, 6.45) is -4.57. The van der Waals surface area contributed by atoms with E-state index in [0.717, 1.165) is 12.5 Å². The summed E-state index contributed by atoms with van der Waals surface area (Å²) in [4.78, 5) is 9.00. The van der Waals surface area contributed by atoms with Gasteiger partial charge in [0.25, 0.3) is 5.97 Å². The lowest BCUT2D eigenvalue weighted by atomic mass is 10.5. The fourth-order valence-corrected chi connectivity index (χ4v) is 0.940. The van der Waals surface area contributed by atoms with Crippen molar-refractivity contribution in [2.24, 2.45) is 0 Å². The second-order valence-corrected chi connectivity index (χ2v) is 2.78. The van der Waals surface area contributed by atoms with Crippen molar-refractivity contribution in [2.45, 2.75) is 13.3 Å². The summed E-state index contributed by atoms with van der Waals surface area (Å²) in [5, 5.41) is 7.42. The lowest BCUT2D eigenvalue weighted by Gasteiger charge is -2.05. The molecular weight excluding hydrogens is 213 g/mol. The Kier molecular flexibility index (Phi) is 2.88. The van der Waals surface area contributed by atoms with Gasteiger partial charge in [0, 0.05) is 12.5 Å². The first-order chi connectivity index (χ1) is 6.79.